The lowest BCUT2D eigenvalue weighted by atomic mass is 9.97. The average molecular weight is 239 g/mol. The van der Waals surface area contributed by atoms with Crippen molar-refractivity contribution in [3.05, 3.63) is 29.0 Å². The lowest BCUT2D eigenvalue weighted by Crippen LogP contribution is -2.41. The first-order valence-electron chi connectivity index (χ1n) is 5.62. The quantitative estimate of drug-likeness (QED) is 0.876. The van der Waals surface area contributed by atoms with Crippen LogP contribution in [0.25, 0.3) is 0 Å². The van der Waals surface area contributed by atoms with Gasteiger partial charge in [-0.2, -0.15) is 0 Å². The van der Waals surface area contributed by atoms with Crippen LogP contribution < -0.4 is 5.32 Å². The molecule has 1 aromatic rings. The molecule has 1 aromatic heterocycles. The molecular weight excluding hydrogens is 224 g/mol. The third-order valence-electron chi connectivity index (χ3n) is 2.92. The zero-order valence-corrected chi connectivity index (χ0v) is 9.83. The number of halogens is 1. The Kier molecular flexibility index (Phi) is 3.91. The van der Waals surface area contributed by atoms with Gasteiger partial charge >= 0.3 is 0 Å². The Morgan fingerprint density at radius 3 is 3.12 bits per heavy atom. The van der Waals surface area contributed by atoms with Gasteiger partial charge in [0.2, 0.25) is 0 Å². The predicted molar refractivity (Wildman–Crippen MR) is 63.6 cm³/mol. The molecule has 1 aliphatic heterocycles. The molecule has 0 aromatic carbocycles. The standard InChI is InChI=1S/C12H15ClN2O/c13-10-8-14-6-4-9(10)7-12(16)11-3-1-2-5-15-11/h4,6,8,11,15H,1-3,5,7H2. The van der Waals surface area contributed by atoms with Gasteiger partial charge in [0, 0.05) is 18.8 Å². The molecule has 3 nitrogen and oxygen atoms in total. The Bertz CT molecular complexity index is 375. The molecule has 0 aliphatic carbocycles. The maximum atomic E-state index is 12.0. The Morgan fingerprint density at radius 2 is 2.44 bits per heavy atom. The minimum Gasteiger partial charge on any atom is -0.307 e. The van der Waals surface area contributed by atoms with Gasteiger partial charge in [-0.3, -0.25) is 9.78 Å². The summed E-state index contributed by atoms with van der Waals surface area (Å²) < 4.78 is 0. The summed E-state index contributed by atoms with van der Waals surface area (Å²) in [7, 11) is 0. The second kappa shape index (κ2) is 5.41. The lowest BCUT2D eigenvalue weighted by Gasteiger charge is -2.22. The van der Waals surface area contributed by atoms with E-state index in [9.17, 15) is 4.79 Å². The van der Waals surface area contributed by atoms with Crippen molar-refractivity contribution >= 4 is 17.4 Å². The molecule has 1 unspecified atom stereocenters. The van der Waals surface area contributed by atoms with Crippen LogP contribution in [0.4, 0.5) is 0 Å². The van der Waals surface area contributed by atoms with Crippen molar-refractivity contribution in [2.45, 2.75) is 31.7 Å². The van der Waals surface area contributed by atoms with Crippen molar-refractivity contribution in [2.24, 2.45) is 0 Å². The Labute approximate surface area is 100 Å². The number of nitrogens with one attached hydrogen (secondary N) is 1. The molecule has 1 aliphatic rings. The highest BCUT2D eigenvalue weighted by Crippen LogP contribution is 2.16. The van der Waals surface area contributed by atoms with Gasteiger partial charge in [-0.25, -0.2) is 0 Å². The summed E-state index contributed by atoms with van der Waals surface area (Å²) in [6, 6.07) is 1.82. The first-order chi connectivity index (χ1) is 7.77. The van der Waals surface area contributed by atoms with E-state index >= 15 is 0 Å². The summed E-state index contributed by atoms with van der Waals surface area (Å²) in [4.78, 5) is 15.9. The van der Waals surface area contributed by atoms with Crippen LogP contribution in [-0.4, -0.2) is 23.4 Å². The lowest BCUT2D eigenvalue weighted by molar-refractivity contribution is -0.120. The number of carbonyl (C=O) groups is 1. The minimum atomic E-state index is 0.0120. The molecule has 0 saturated carbocycles. The largest absolute Gasteiger partial charge is 0.307 e. The number of pyridine rings is 1. The van der Waals surface area contributed by atoms with Gasteiger partial charge in [0.15, 0.2) is 5.78 Å². The number of piperidine rings is 1. The summed E-state index contributed by atoms with van der Waals surface area (Å²) in [5, 5.41) is 3.83. The monoisotopic (exact) mass is 238 g/mol. The Balaban J connectivity index is 1.99. The van der Waals surface area contributed by atoms with Crippen LogP contribution in [0.2, 0.25) is 5.02 Å². The van der Waals surface area contributed by atoms with Crippen LogP contribution in [-0.2, 0) is 11.2 Å². The fourth-order valence-corrected chi connectivity index (χ4v) is 2.17. The van der Waals surface area contributed by atoms with Gasteiger partial charge < -0.3 is 5.32 Å². The third kappa shape index (κ3) is 2.80. The van der Waals surface area contributed by atoms with Crippen molar-refractivity contribution in [3.8, 4) is 0 Å². The predicted octanol–water partition coefficient (Wildman–Crippen LogP) is 1.99. The van der Waals surface area contributed by atoms with Gasteiger partial charge in [-0.1, -0.05) is 18.0 Å². The molecular formula is C12H15ClN2O. The molecule has 0 bridgehead atoms. The van der Waals surface area contributed by atoms with Gasteiger partial charge in [-0.05, 0) is 31.0 Å². The zero-order valence-electron chi connectivity index (χ0n) is 9.08. The van der Waals surface area contributed by atoms with Gasteiger partial charge in [0.1, 0.15) is 0 Å². The van der Waals surface area contributed by atoms with Crippen molar-refractivity contribution in [3.63, 3.8) is 0 Å². The molecule has 4 heteroatoms. The van der Waals surface area contributed by atoms with E-state index in [1.165, 1.54) is 6.42 Å². The molecule has 1 fully saturated rings. The molecule has 2 rings (SSSR count). The average Bonchev–Trinajstić information content (AvgIpc) is 2.33. The Hall–Kier alpha value is -0.930. The summed E-state index contributed by atoms with van der Waals surface area (Å²) >= 11 is 5.97. The van der Waals surface area contributed by atoms with Crippen molar-refractivity contribution in [1.29, 1.82) is 0 Å². The van der Waals surface area contributed by atoms with E-state index in [1.54, 1.807) is 12.4 Å². The SMILES string of the molecule is O=C(Cc1ccncc1Cl)C1CCCCN1. The maximum absolute atomic E-state index is 12.0. The molecule has 1 N–H and O–H groups in total. The number of aromatic nitrogens is 1. The number of hydrogen-bond acceptors (Lipinski definition) is 3. The highest BCUT2D eigenvalue weighted by atomic mass is 35.5. The number of ketones is 1. The van der Waals surface area contributed by atoms with Gasteiger partial charge in [0.25, 0.3) is 0 Å². The van der Waals surface area contributed by atoms with Crippen LogP contribution in [0.5, 0.6) is 0 Å². The van der Waals surface area contributed by atoms with Crippen molar-refractivity contribution in [2.75, 3.05) is 6.54 Å². The summed E-state index contributed by atoms with van der Waals surface area (Å²) in [6.45, 7) is 0.945. The van der Waals surface area contributed by atoms with Crippen LogP contribution in [0, 0.1) is 0 Å². The number of Topliss-reactive ketones (excluding diaryl/α,β-unsaturated/α-hetero) is 1. The summed E-state index contributed by atoms with van der Waals surface area (Å²) in [5.74, 6) is 0.229. The van der Waals surface area contributed by atoms with Gasteiger partial charge in [-0.15, -0.1) is 0 Å². The van der Waals surface area contributed by atoms with Crippen LogP contribution in [0.3, 0.4) is 0 Å². The molecule has 1 atom stereocenters. The van der Waals surface area contributed by atoms with Crippen molar-refractivity contribution in [1.82, 2.24) is 10.3 Å². The first kappa shape index (κ1) is 11.6. The second-order valence-electron chi connectivity index (χ2n) is 4.11. The maximum Gasteiger partial charge on any atom is 0.154 e. The van der Waals surface area contributed by atoms with E-state index in [0.29, 0.717) is 11.4 Å². The van der Waals surface area contributed by atoms with E-state index in [-0.39, 0.29) is 11.8 Å². The molecule has 1 saturated heterocycles. The number of nitrogens with zero attached hydrogens (tertiary/aromatic N) is 1. The first-order valence-corrected chi connectivity index (χ1v) is 5.99. The molecule has 86 valence electrons. The van der Waals surface area contributed by atoms with Crippen LogP contribution in [0.1, 0.15) is 24.8 Å². The number of hydrogen-bond donors (Lipinski definition) is 1. The molecule has 0 radical (unpaired) electrons. The zero-order chi connectivity index (χ0) is 11.4. The van der Waals surface area contributed by atoms with Crippen molar-refractivity contribution < 1.29 is 4.79 Å². The topological polar surface area (TPSA) is 42.0 Å². The second-order valence-corrected chi connectivity index (χ2v) is 4.52. The fraction of sp³-hybridized carbons (Fsp3) is 0.500. The summed E-state index contributed by atoms with van der Waals surface area (Å²) in [6.07, 6.45) is 6.90. The van der Waals surface area contributed by atoms with Crippen LogP contribution >= 0.6 is 11.6 Å². The fourth-order valence-electron chi connectivity index (χ4n) is 1.98. The van der Waals surface area contributed by atoms with E-state index < -0.39 is 0 Å². The van der Waals surface area contributed by atoms with E-state index in [1.807, 2.05) is 6.07 Å². The number of rotatable bonds is 3. The Morgan fingerprint density at radius 1 is 1.56 bits per heavy atom. The van der Waals surface area contributed by atoms with Gasteiger partial charge in [0.05, 0.1) is 11.1 Å². The minimum absolute atomic E-state index is 0.0120. The summed E-state index contributed by atoms with van der Waals surface area (Å²) in [5.41, 5.74) is 0.869. The van der Waals surface area contributed by atoms with E-state index in [2.05, 4.69) is 10.3 Å². The molecule has 0 amide bonds. The van der Waals surface area contributed by atoms with Crippen LogP contribution in [0.15, 0.2) is 18.5 Å². The molecule has 2 heterocycles. The molecule has 0 spiro atoms. The van der Waals surface area contributed by atoms with E-state index in [0.717, 1.165) is 24.9 Å². The smallest absolute Gasteiger partial charge is 0.154 e. The highest BCUT2D eigenvalue weighted by Gasteiger charge is 2.20. The third-order valence-corrected chi connectivity index (χ3v) is 3.26. The highest BCUT2D eigenvalue weighted by molar-refractivity contribution is 6.31. The molecule has 16 heavy (non-hydrogen) atoms. The number of carbonyl (C=O) groups excluding carboxylic acids is 1. The normalized spacial score (nSPS) is 20.7. The van der Waals surface area contributed by atoms with E-state index in [4.69, 9.17) is 11.6 Å².